The molecule has 0 bridgehead atoms. The van der Waals surface area contributed by atoms with Crippen LogP contribution in [0, 0.1) is 0 Å². The van der Waals surface area contributed by atoms with Crippen molar-refractivity contribution < 1.29 is 22.8 Å². The van der Waals surface area contributed by atoms with Crippen molar-refractivity contribution in [2.75, 3.05) is 30.3 Å². The van der Waals surface area contributed by atoms with E-state index in [1.807, 2.05) is 0 Å². The molecule has 0 unspecified atom stereocenters. The monoisotopic (exact) mass is 526 g/mol. The number of anilines is 2. The van der Waals surface area contributed by atoms with E-state index < -0.39 is 15.9 Å². The molecule has 9 nitrogen and oxygen atoms in total. The van der Waals surface area contributed by atoms with Crippen LogP contribution in [0.3, 0.4) is 0 Å². The van der Waals surface area contributed by atoms with Crippen LogP contribution in [0.15, 0.2) is 59.5 Å². The number of thiophene rings is 1. The van der Waals surface area contributed by atoms with Crippen molar-refractivity contribution in [3.8, 4) is 0 Å². The third-order valence-electron chi connectivity index (χ3n) is 6.08. The predicted octanol–water partition coefficient (Wildman–Crippen LogP) is 3.09. The number of carbonyl (C=O) groups is 3. The summed E-state index contributed by atoms with van der Waals surface area (Å²) in [4.78, 5) is 40.1. The van der Waals surface area contributed by atoms with Crippen LogP contribution in [0.25, 0.3) is 0 Å². The molecule has 0 fully saturated rings. The Balaban J connectivity index is 1.57. The highest BCUT2D eigenvalue weighted by atomic mass is 32.2. The van der Waals surface area contributed by atoms with Crippen LogP contribution in [-0.4, -0.2) is 51.7 Å². The van der Waals surface area contributed by atoms with Crippen molar-refractivity contribution in [2.24, 2.45) is 0 Å². The van der Waals surface area contributed by atoms with Gasteiger partial charge in [-0.3, -0.25) is 18.7 Å². The van der Waals surface area contributed by atoms with Crippen LogP contribution >= 0.6 is 11.3 Å². The average Bonchev–Trinajstić information content (AvgIpc) is 3.25. The van der Waals surface area contributed by atoms with Crippen LogP contribution < -0.4 is 14.9 Å². The topological polar surface area (TPSA) is 116 Å². The summed E-state index contributed by atoms with van der Waals surface area (Å²) in [6.45, 7) is 2.39. The Labute approximate surface area is 213 Å². The van der Waals surface area contributed by atoms with Gasteiger partial charge in [-0.1, -0.05) is 18.2 Å². The van der Waals surface area contributed by atoms with Crippen molar-refractivity contribution in [1.29, 1.82) is 0 Å². The number of para-hydroxylation sites is 1. The van der Waals surface area contributed by atoms with Crippen molar-refractivity contribution in [1.82, 2.24) is 10.2 Å². The van der Waals surface area contributed by atoms with E-state index in [0.717, 1.165) is 10.4 Å². The van der Waals surface area contributed by atoms with Gasteiger partial charge in [0.05, 0.1) is 22.7 Å². The Bertz CT molecular complexity index is 1420. The van der Waals surface area contributed by atoms with Gasteiger partial charge in [0.1, 0.15) is 5.00 Å². The fourth-order valence-electron chi connectivity index (χ4n) is 4.01. The minimum absolute atomic E-state index is 0.0471. The summed E-state index contributed by atoms with van der Waals surface area (Å²) in [6.07, 6.45) is 0.519. The number of hydrogen-bond donors (Lipinski definition) is 2. The first-order valence-corrected chi connectivity index (χ1v) is 13.5. The molecule has 2 heterocycles. The summed E-state index contributed by atoms with van der Waals surface area (Å²) in [6, 6.07) is 14.3. The third kappa shape index (κ3) is 4.84. The maximum absolute atomic E-state index is 13.0. The molecule has 0 radical (unpaired) electrons. The number of fused-ring (bicyclic) bond motifs is 1. The van der Waals surface area contributed by atoms with Gasteiger partial charge in [0.25, 0.3) is 21.8 Å². The second kappa shape index (κ2) is 10.1. The summed E-state index contributed by atoms with van der Waals surface area (Å²) >= 11 is 1.27. The molecule has 0 saturated carbocycles. The van der Waals surface area contributed by atoms with Gasteiger partial charge in [0.2, 0.25) is 5.91 Å². The van der Waals surface area contributed by atoms with Gasteiger partial charge in [-0.05, 0) is 48.4 Å². The van der Waals surface area contributed by atoms with Crippen LogP contribution in [-0.2, 0) is 27.8 Å². The second-order valence-electron chi connectivity index (χ2n) is 8.26. The number of nitrogens with one attached hydrogen (secondary N) is 2. The lowest BCUT2D eigenvalue weighted by atomic mass is 10.0. The molecular formula is C25H26N4O5S2. The number of benzene rings is 2. The summed E-state index contributed by atoms with van der Waals surface area (Å²) in [5, 5.41) is 5.82. The third-order valence-corrected chi connectivity index (χ3v) is 9.01. The van der Waals surface area contributed by atoms with Crippen LogP contribution in [0.1, 0.15) is 38.1 Å². The average molecular weight is 527 g/mol. The molecule has 2 N–H and O–H groups in total. The number of nitrogens with zero attached hydrogens (tertiary/aromatic N) is 2. The zero-order chi connectivity index (χ0) is 26.0. The first-order valence-electron chi connectivity index (χ1n) is 11.2. The van der Waals surface area contributed by atoms with Gasteiger partial charge < -0.3 is 15.5 Å². The van der Waals surface area contributed by atoms with E-state index in [1.54, 1.807) is 35.2 Å². The number of rotatable bonds is 6. The molecule has 1 aromatic heterocycles. The first kappa shape index (κ1) is 25.4. The molecule has 0 aliphatic carbocycles. The minimum Gasteiger partial charge on any atom is -0.355 e. The molecule has 2 aromatic carbocycles. The van der Waals surface area contributed by atoms with Gasteiger partial charge in [-0.25, -0.2) is 8.42 Å². The Hall–Kier alpha value is -3.70. The molecule has 1 aliphatic heterocycles. The second-order valence-corrected chi connectivity index (χ2v) is 11.3. The van der Waals surface area contributed by atoms with E-state index in [1.165, 1.54) is 60.9 Å². The van der Waals surface area contributed by atoms with Crippen molar-refractivity contribution in [3.05, 3.63) is 76.2 Å². The molecule has 3 amide bonds. The smallest absolute Gasteiger partial charge is 0.264 e. The molecule has 0 spiro atoms. The van der Waals surface area contributed by atoms with Gasteiger partial charge in [0, 0.05) is 38.0 Å². The lowest BCUT2D eigenvalue weighted by molar-refractivity contribution is -0.129. The largest absolute Gasteiger partial charge is 0.355 e. The highest BCUT2D eigenvalue weighted by Crippen LogP contribution is 2.37. The number of sulfonamides is 1. The SMILES string of the molecule is CNC(=O)c1c(NC(=O)c2ccc(S(=O)(=O)N(C)c3ccccc3)cc2)sc2c1CCN(C(C)=O)C2. The zero-order valence-electron chi connectivity index (χ0n) is 20.1. The number of hydrogen-bond acceptors (Lipinski definition) is 6. The highest BCUT2D eigenvalue weighted by molar-refractivity contribution is 7.92. The Kier molecular flexibility index (Phi) is 7.14. The number of amides is 3. The summed E-state index contributed by atoms with van der Waals surface area (Å²) in [5.41, 5.74) is 2.00. The first-order chi connectivity index (χ1) is 17.1. The summed E-state index contributed by atoms with van der Waals surface area (Å²) in [7, 11) is -0.819. The number of carbonyl (C=O) groups excluding carboxylic acids is 3. The maximum Gasteiger partial charge on any atom is 0.264 e. The van der Waals surface area contributed by atoms with Gasteiger partial charge in [0.15, 0.2) is 0 Å². The predicted molar refractivity (Wildman–Crippen MR) is 139 cm³/mol. The Morgan fingerprint density at radius 1 is 1.00 bits per heavy atom. The van der Waals surface area contributed by atoms with E-state index in [-0.39, 0.29) is 22.3 Å². The van der Waals surface area contributed by atoms with Crippen molar-refractivity contribution >= 4 is 49.8 Å². The normalized spacial score (nSPS) is 13.0. The molecule has 0 atom stereocenters. The van der Waals surface area contributed by atoms with Gasteiger partial charge in [-0.2, -0.15) is 0 Å². The summed E-state index contributed by atoms with van der Waals surface area (Å²) in [5.74, 6) is -0.832. The molecule has 0 saturated heterocycles. The Morgan fingerprint density at radius 2 is 1.67 bits per heavy atom. The van der Waals surface area contributed by atoms with E-state index in [0.29, 0.717) is 35.8 Å². The zero-order valence-corrected chi connectivity index (χ0v) is 21.7. The van der Waals surface area contributed by atoms with E-state index >= 15 is 0 Å². The lowest BCUT2D eigenvalue weighted by Crippen LogP contribution is -2.34. The van der Waals surface area contributed by atoms with E-state index in [2.05, 4.69) is 10.6 Å². The summed E-state index contributed by atoms with van der Waals surface area (Å²) < 4.78 is 27.2. The lowest BCUT2D eigenvalue weighted by Gasteiger charge is -2.25. The van der Waals surface area contributed by atoms with Crippen LogP contribution in [0.2, 0.25) is 0 Å². The molecule has 36 heavy (non-hydrogen) atoms. The quantitative estimate of drug-likeness (QED) is 0.512. The van der Waals surface area contributed by atoms with E-state index in [9.17, 15) is 22.8 Å². The molecule has 188 valence electrons. The molecule has 11 heteroatoms. The van der Waals surface area contributed by atoms with Crippen LogP contribution in [0.5, 0.6) is 0 Å². The fraction of sp³-hybridized carbons (Fsp3) is 0.240. The molecule has 3 aromatic rings. The fourth-order valence-corrected chi connectivity index (χ4v) is 6.47. The standard InChI is InChI=1S/C25H26N4O5S2/c1-16(30)29-14-13-20-21(15-29)35-25(22(20)24(32)26-2)27-23(31)17-9-11-19(12-10-17)36(33,34)28(3)18-7-5-4-6-8-18/h4-12H,13-15H2,1-3H3,(H,26,32)(H,27,31). The molecule has 1 aliphatic rings. The molecule has 4 rings (SSSR count). The van der Waals surface area contributed by atoms with Crippen molar-refractivity contribution in [2.45, 2.75) is 24.8 Å². The van der Waals surface area contributed by atoms with Gasteiger partial charge in [-0.15, -0.1) is 11.3 Å². The molecular weight excluding hydrogens is 500 g/mol. The Morgan fingerprint density at radius 3 is 2.28 bits per heavy atom. The van der Waals surface area contributed by atoms with E-state index in [4.69, 9.17) is 0 Å². The van der Waals surface area contributed by atoms with Crippen LogP contribution in [0.4, 0.5) is 10.7 Å². The van der Waals surface area contributed by atoms with Crippen molar-refractivity contribution in [3.63, 3.8) is 0 Å². The minimum atomic E-state index is -3.81. The highest BCUT2D eigenvalue weighted by Gasteiger charge is 2.29. The van der Waals surface area contributed by atoms with Gasteiger partial charge >= 0.3 is 0 Å². The maximum atomic E-state index is 13.0.